The molecule has 2 N–H and O–H groups in total. The van der Waals surface area contributed by atoms with Gasteiger partial charge in [0.25, 0.3) is 0 Å². The molecule has 0 spiro atoms. The quantitative estimate of drug-likeness (QED) is 0.295. The second-order valence-corrected chi connectivity index (χ2v) is 8.26. The van der Waals surface area contributed by atoms with Crippen LogP contribution in [0.25, 0.3) is 0 Å². The highest BCUT2D eigenvalue weighted by Crippen LogP contribution is 2.26. The van der Waals surface area contributed by atoms with E-state index >= 15 is 0 Å². The summed E-state index contributed by atoms with van der Waals surface area (Å²) in [6.45, 7) is 5.11. The Morgan fingerprint density at radius 2 is 2.04 bits per heavy atom. The third-order valence-electron chi connectivity index (χ3n) is 4.61. The maximum atomic E-state index is 6.11. The van der Waals surface area contributed by atoms with Gasteiger partial charge < -0.3 is 15.5 Å². The first kappa shape index (κ1) is 23.5. The Kier molecular flexibility index (Phi) is 9.59. The van der Waals surface area contributed by atoms with Gasteiger partial charge in [-0.15, -0.1) is 35.3 Å². The van der Waals surface area contributed by atoms with E-state index in [2.05, 4.69) is 32.8 Å². The average molecular weight is 554 g/mol. The maximum Gasteiger partial charge on any atom is 0.191 e. The van der Waals surface area contributed by atoms with Crippen LogP contribution in [0.15, 0.2) is 28.6 Å². The average Bonchev–Trinajstić information content (AvgIpc) is 3.34. The number of nitrogens with one attached hydrogen (secondary N) is 2. The summed E-state index contributed by atoms with van der Waals surface area (Å²) in [6, 6.07) is 5.72. The second-order valence-electron chi connectivity index (χ2n) is 6.60. The zero-order chi connectivity index (χ0) is 19.2. The summed E-state index contributed by atoms with van der Waals surface area (Å²) in [5.74, 6) is 0.753. The van der Waals surface area contributed by atoms with Crippen LogP contribution in [0, 0.1) is 0 Å². The fourth-order valence-corrected chi connectivity index (χ4v) is 4.26. The summed E-state index contributed by atoms with van der Waals surface area (Å²) in [6.07, 6.45) is 3.41. The monoisotopic (exact) mass is 553 g/mol. The van der Waals surface area contributed by atoms with Gasteiger partial charge in [-0.1, -0.05) is 29.3 Å². The summed E-state index contributed by atoms with van der Waals surface area (Å²) < 4.78 is 0. The van der Waals surface area contributed by atoms with Crippen molar-refractivity contribution < 1.29 is 0 Å². The predicted octanol–water partition coefficient (Wildman–Crippen LogP) is 5.14. The number of guanidine groups is 1. The van der Waals surface area contributed by atoms with Crippen LogP contribution in [-0.2, 0) is 6.42 Å². The molecule has 0 bridgehead atoms. The Balaban J connectivity index is 0.00000280. The number of aliphatic imine (C=N–C) groups is 1. The number of aromatic nitrogens is 1. The molecular formula is C19H26Cl2IN5S. The van der Waals surface area contributed by atoms with Gasteiger partial charge in [0, 0.05) is 38.5 Å². The van der Waals surface area contributed by atoms with E-state index in [1.54, 1.807) is 18.4 Å². The van der Waals surface area contributed by atoms with Crippen molar-refractivity contribution in [1.29, 1.82) is 0 Å². The third-order valence-corrected chi connectivity index (χ3v) is 6.30. The lowest BCUT2D eigenvalue weighted by Gasteiger charge is -2.18. The molecule has 28 heavy (non-hydrogen) atoms. The van der Waals surface area contributed by atoms with Crippen LogP contribution in [-0.4, -0.2) is 37.6 Å². The van der Waals surface area contributed by atoms with E-state index in [4.69, 9.17) is 28.2 Å². The van der Waals surface area contributed by atoms with Crippen LogP contribution in [0.2, 0.25) is 10.0 Å². The lowest BCUT2D eigenvalue weighted by Crippen LogP contribution is -2.39. The molecule has 1 atom stereocenters. The number of thiazole rings is 1. The standard InChI is InChI=1S/C19H25Cl2N5S.HI/c1-13(14-5-6-16(20)17(21)11-14)24-18(22-2)23-8-7-15-12-27-19(25-15)26-9-3-4-10-26;/h5-6,11-13H,3-4,7-10H2,1-2H3,(H2,22,23,24);1H. The number of anilines is 1. The Morgan fingerprint density at radius 3 is 2.71 bits per heavy atom. The third kappa shape index (κ3) is 6.37. The molecule has 0 aliphatic carbocycles. The van der Waals surface area contributed by atoms with Gasteiger partial charge in [0.2, 0.25) is 0 Å². The van der Waals surface area contributed by atoms with E-state index in [0.717, 1.165) is 48.4 Å². The van der Waals surface area contributed by atoms with Gasteiger partial charge in [-0.05, 0) is 37.5 Å². The van der Waals surface area contributed by atoms with Crippen molar-refractivity contribution in [1.82, 2.24) is 15.6 Å². The Bertz CT molecular complexity index is 792. The lowest BCUT2D eigenvalue weighted by atomic mass is 10.1. The molecule has 9 heteroatoms. The van der Waals surface area contributed by atoms with Gasteiger partial charge in [-0.25, -0.2) is 4.98 Å². The Labute approximate surface area is 197 Å². The van der Waals surface area contributed by atoms with Crippen molar-refractivity contribution in [3.8, 4) is 0 Å². The van der Waals surface area contributed by atoms with Crippen molar-refractivity contribution in [2.24, 2.45) is 4.99 Å². The van der Waals surface area contributed by atoms with Gasteiger partial charge in [-0.2, -0.15) is 0 Å². The molecule has 0 amide bonds. The highest BCUT2D eigenvalue weighted by molar-refractivity contribution is 14.0. The molecule has 2 heterocycles. The van der Waals surface area contributed by atoms with E-state index in [9.17, 15) is 0 Å². The molecule has 5 nitrogen and oxygen atoms in total. The van der Waals surface area contributed by atoms with Crippen molar-refractivity contribution in [3.63, 3.8) is 0 Å². The first-order chi connectivity index (χ1) is 13.1. The van der Waals surface area contributed by atoms with Crippen molar-refractivity contribution in [3.05, 3.63) is 44.9 Å². The number of rotatable bonds is 6. The molecule has 1 unspecified atom stereocenters. The number of nitrogens with zero attached hydrogens (tertiary/aromatic N) is 3. The lowest BCUT2D eigenvalue weighted by molar-refractivity contribution is 0.683. The molecule has 1 fully saturated rings. The van der Waals surface area contributed by atoms with Crippen LogP contribution in [0.1, 0.15) is 37.1 Å². The highest BCUT2D eigenvalue weighted by Gasteiger charge is 2.15. The van der Waals surface area contributed by atoms with Gasteiger partial charge in [0.1, 0.15) is 0 Å². The highest BCUT2D eigenvalue weighted by atomic mass is 127. The maximum absolute atomic E-state index is 6.11. The van der Waals surface area contributed by atoms with Gasteiger partial charge >= 0.3 is 0 Å². The fourth-order valence-electron chi connectivity index (χ4n) is 3.04. The Morgan fingerprint density at radius 1 is 1.29 bits per heavy atom. The zero-order valence-corrected chi connectivity index (χ0v) is 20.7. The fraction of sp³-hybridized carbons (Fsp3) is 0.474. The van der Waals surface area contributed by atoms with E-state index < -0.39 is 0 Å². The molecule has 0 saturated carbocycles. The van der Waals surface area contributed by atoms with E-state index in [1.165, 1.54) is 12.8 Å². The summed E-state index contributed by atoms with van der Waals surface area (Å²) in [4.78, 5) is 11.4. The second kappa shape index (κ2) is 11.4. The van der Waals surface area contributed by atoms with Crippen LogP contribution in [0.5, 0.6) is 0 Å². The molecule has 1 aliphatic rings. The first-order valence-electron chi connectivity index (χ1n) is 9.18. The van der Waals surface area contributed by atoms with Crippen LogP contribution in [0.3, 0.4) is 0 Å². The van der Waals surface area contributed by atoms with Crippen molar-refractivity contribution in [2.45, 2.75) is 32.2 Å². The summed E-state index contributed by atoms with van der Waals surface area (Å²) in [5.41, 5.74) is 2.18. The number of hydrogen-bond donors (Lipinski definition) is 2. The Hall–Kier alpha value is -0.770. The molecule has 0 radical (unpaired) electrons. The van der Waals surface area contributed by atoms with Crippen molar-refractivity contribution >= 4 is 69.6 Å². The minimum Gasteiger partial charge on any atom is -0.356 e. The molecule has 1 aromatic carbocycles. The van der Waals surface area contributed by atoms with Crippen LogP contribution in [0.4, 0.5) is 5.13 Å². The molecule has 1 aromatic heterocycles. The SMILES string of the molecule is CN=C(NCCc1csc(N2CCCC2)n1)NC(C)c1ccc(Cl)c(Cl)c1.I. The van der Waals surface area contributed by atoms with Gasteiger partial charge in [-0.3, -0.25) is 4.99 Å². The predicted molar refractivity (Wildman–Crippen MR) is 132 cm³/mol. The minimum atomic E-state index is 0. The van der Waals surface area contributed by atoms with E-state index in [1.807, 2.05) is 18.2 Å². The summed E-state index contributed by atoms with van der Waals surface area (Å²) in [5, 5.41) is 11.2. The topological polar surface area (TPSA) is 52.6 Å². The molecular weight excluding hydrogens is 528 g/mol. The molecule has 1 saturated heterocycles. The van der Waals surface area contributed by atoms with Gasteiger partial charge in [0.05, 0.1) is 21.8 Å². The van der Waals surface area contributed by atoms with E-state index in [0.29, 0.717) is 10.0 Å². The number of benzene rings is 1. The minimum absolute atomic E-state index is 0. The van der Waals surface area contributed by atoms with E-state index in [-0.39, 0.29) is 30.0 Å². The number of halogens is 3. The van der Waals surface area contributed by atoms with Crippen molar-refractivity contribution in [2.75, 3.05) is 31.6 Å². The van der Waals surface area contributed by atoms with Gasteiger partial charge in [0.15, 0.2) is 11.1 Å². The van der Waals surface area contributed by atoms with Crippen LogP contribution >= 0.6 is 58.5 Å². The summed E-state index contributed by atoms with van der Waals surface area (Å²) >= 11 is 13.8. The first-order valence-corrected chi connectivity index (χ1v) is 10.8. The molecule has 154 valence electrons. The smallest absolute Gasteiger partial charge is 0.191 e. The summed E-state index contributed by atoms with van der Waals surface area (Å²) in [7, 11) is 1.77. The van der Waals surface area contributed by atoms with Crippen LogP contribution < -0.4 is 15.5 Å². The number of hydrogen-bond acceptors (Lipinski definition) is 4. The normalized spacial score (nSPS) is 15.3. The molecule has 3 rings (SSSR count). The largest absolute Gasteiger partial charge is 0.356 e. The molecule has 1 aliphatic heterocycles. The zero-order valence-electron chi connectivity index (χ0n) is 16.0. The molecule has 2 aromatic rings.